The van der Waals surface area contributed by atoms with Crippen molar-refractivity contribution in [2.24, 2.45) is 0 Å². The Kier molecular flexibility index (Phi) is 9.39. The standard InChI is InChI=1S/C26H38N4O5/c1-20(2)33-16-17-34-25-24(27-26(31)35-19-21-6-4-3-5-7-21)18-30(28-25)23-10-8-22(9-11-23)29-12-14-32-15-13-29/h3-7,18,20,22-23H,8-17,19H2,1-2H3,(H,27,31). The Bertz CT molecular complexity index is 906. The molecule has 2 heterocycles. The first kappa shape index (κ1) is 25.5. The number of benzene rings is 1. The Morgan fingerprint density at radius 1 is 1.09 bits per heavy atom. The number of hydrogen-bond acceptors (Lipinski definition) is 7. The fraction of sp³-hybridized carbons (Fsp3) is 0.615. The topological polar surface area (TPSA) is 87.1 Å². The highest BCUT2D eigenvalue weighted by atomic mass is 16.6. The molecule has 2 fully saturated rings. The highest BCUT2D eigenvalue weighted by molar-refractivity contribution is 5.86. The van der Waals surface area contributed by atoms with Gasteiger partial charge in [0.05, 0.1) is 38.2 Å². The minimum atomic E-state index is -0.535. The second-order valence-electron chi connectivity index (χ2n) is 9.39. The third-order valence-electron chi connectivity index (χ3n) is 6.52. The summed E-state index contributed by atoms with van der Waals surface area (Å²) in [5, 5.41) is 7.51. The normalized spacial score (nSPS) is 21.1. The van der Waals surface area contributed by atoms with E-state index in [9.17, 15) is 4.79 Å². The largest absolute Gasteiger partial charge is 0.473 e. The van der Waals surface area contributed by atoms with Crippen molar-refractivity contribution >= 4 is 11.8 Å². The molecule has 9 heteroatoms. The molecule has 1 N–H and O–H groups in total. The molecule has 1 saturated heterocycles. The maximum atomic E-state index is 12.5. The Morgan fingerprint density at radius 2 is 1.80 bits per heavy atom. The van der Waals surface area contributed by atoms with Crippen LogP contribution in [0.2, 0.25) is 0 Å². The summed E-state index contributed by atoms with van der Waals surface area (Å²) in [6, 6.07) is 10.5. The lowest BCUT2D eigenvalue weighted by molar-refractivity contribution is 0.00501. The van der Waals surface area contributed by atoms with Crippen LogP contribution in [0.5, 0.6) is 5.88 Å². The summed E-state index contributed by atoms with van der Waals surface area (Å²) >= 11 is 0. The fourth-order valence-electron chi connectivity index (χ4n) is 4.68. The highest BCUT2D eigenvalue weighted by Gasteiger charge is 2.29. The Balaban J connectivity index is 1.36. The van der Waals surface area contributed by atoms with E-state index in [-0.39, 0.29) is 18.8 Å². The summed E-state index contributed by atoms with van der Waals surface area (Å²) in [5.74, 6) is 0.393. The minimum Gasteiger partial charge on any atom is -0.473 e. The fourth-order valence-corrected chi connectivity index (χ4v) is 4.68. The number of aromatic nitrogens is 2. The third kappa shape index (κ3) is 7.68. The number of hydrogen-bond donors (Lipinski definition) is 1. The van der Waals surface area contributed by atoms with Crippen LogP contribution in [0, 0.1) is 0 Å². The number of ether oxygens (including phenoxy) is 4. The van der Waals surface area contributed by atoms with Crippen LogP contribution < -0.4 is 10.1 Å². The van der Waals surface area contributed by atoms with E-state index in [0.717, 1.165) is 57.6 Å². The van der Waals surface area contributed by atoms with Crippen LogP contribution in [-0.2, 0) is 20.8 Å². The van der Waals surface area contributed by atoms with Gasteiger partial charge in [-0.3, -0.25) is 14.9 Å². The first-order valence-electron chi connectivity index (χ1n) is 12.7. The van der Waals surface area contributed by atoms with Gasteiger partial charge in [0, 0.05) is 19.1 Å². The van der Waals surface area contributed by atoms with Crippen molar-refractivity contribution in [3.8, 4) is 5.88 Å². The van der Waals surface area contributed by atoms with Gasteiger partial charge in [-0.1, -0.05) is 30.3 Å². The number of morpholine rings is 1. The predicted octanol–water partition coefficient (Wildman–Crippen LogP) is 4.25. The van der Waals surface area contributed by atoms with Crippen LogP contribution in [0.4, 0.5) is 10.5 Å². The van der Waals surface area contributed by atoms with E-state index < -0.39 is 6.09 Å². The zero-order chi connectivity index (χ0) is 24.5. The van der Waals surface area contributed by atoms with Crippen molar-refractivity contribution < 1.29 is 23.7 Å². The zero-order valence-electron chi connectivity index (χ0n) is 20.9. The van der Waals surface area contributed by atoms with Crippen LogP contribution in [0.1, 0.15) is 51.1 Å². The van der Waals surface area contributed by atoms with Gasteiger partial charge in [0.1, 0.15) is 18.9 Å². The van der Waals surface area contributed by atoms with Crippen LogP contribution in [0.15, 0.2) is 36.5 Å². The molecule has 0 bridgehead atoms. The number of amides is 1. The SMILES string of the molecule is CC(C)OCCOc1nn(C2CCC(N3CCOCC3)CC2)cc1NC(=O)OCc1ccccc1. The van der Waals surface area contributed by atoms with E-state index in [1.54, 1.807) is 0 Å². The van der Waals surface area contributed by atoms with Crippen LogP contribution in [0.25, 0.3) is 0 Å². The van der Waals surface area contributed by atoms with Crippen molar-refractivity contribution in [1.29, 1.82) is 0 Å². The first-order chi connectivity index (χ1) is 17.1. The van der Waals surface area contributed by atoms with Crippen molar-refractivity contribution in [3.63, 3.8) is 0 Å². The lowest BCUT2D eigenvalue weighted by Gasteiger charge is -2.38. The molecule has 1 aliphatic heterocycles. The van der Waals surface area contributed by atoms with Crippen LogP contribution in [-0.4, -0.2) is 72.4 Å². The Labute approximate surface area is 207 Å². The number of nitrogens with one attached hydrogen (secondary N) is 1. The van der Waals surface area contributed by atoms with Crippen molar-refractivity contribution in [3.05, 3.63) is 42.1 Å². The van der Waals surface area contributed by atoms with Gasteiger partial charge in [0.25, 0.3) is 5.88 Å². The minimum absolute atomic E-state index is 0.128. The van der Waals surface area contributed by atoms with Gasteiger partial charge < -0.3 is 18.9 Å². The Hall–Kier alpha value is -2.62. The molecule has 192 valence electrons. The molecule has 0 spiro atoms. The van der Waals surface area contributed by atoms with Crippen molar-refractivity contribution in [2.75, 3.05) is 44.8 Å². The van der Waals surface area contributed by atoms with E-state index in [1.807, 2.05) is 55.1 Å². The second-order valence-corrected chi connectivity index (χ2v) is 9.39. The van der Waals surface area contributed by atoms with E-state index >= 15 is 0 Å². The molecule has 1 aromatic carbocycles. The quantitative estimate of drug-likeness (QED) is 0.502. The molecular formula is C26H38N4O5. The van der Waals surface area contributed by atoms with Crippen molar-refractivity contribution in [2.45, 2.75) is 64.3 Å². The molecule has 0 atom stereocenters. The maximum absolute atomic E-state index is 12.5. The predicted molar refractivity (Wildman–Crippen MR) is 133 cm³/mol. The van der Waals surface area contributed by atoms with Crippen LogP contribution >= 0.6 is 0 Å². The number of carbonyl (C=O) groups is 1. The molecule has 0 radical (unpaired) electrons. The van der Waals surface area contributed by atoms with Gasteiger partial charge in [0.2, 0.25) is 0 Å². The van der Waals surface area contributed by atoms with Gasteiger partial charge in [-0.25, -0.2) is 4.79 Å². The van der Waals surface area contributed by atoms with Gasteiger partial charge in [-0.15, -0.1) is 5.10 Å². The Morgan fingerprint density at radius 3 is 2.51 bits per heavy atom. The molecule has 1 saturated carbocycles. The number of anilines is 1. The summed E-state index contributed by atoms with van der Waals surface area (Å²) in [6.45, 7) is 8.67. The van der Waals surface area contributed by atoms with E-state index in [0.29, 0.717) is 30.8 Å². The average Bonchev–Trinajstić information content (AvgIpc) is 3.29. The van der Waals surface area contributed by atoms with E-state index in [4.69, 9.17) is 24.0 Å². The molecule has 35 heavy (non-hydrogen) atoms. The number of carbonyl (C=O) groups excluding carboxylic acids is 1. The average molecular weight is 487 g/mol. The van der Waals surface area contributed by atoms with Gasteiger partial charge >= 0.3 is 6.09 Å². The lowest BCUT2D eigenvalue weighted by atomic mass is 9.90. The maximum Gasteiger partial charge on any atom is 0.412 e. The molecule has 9 nitrogen and oxygen atoms in total. The first-order valence-corrected chi connectivity index (χ1v) is 12.7. The molecular weight excluding hydrogens is 448 g/mol. The van der Waals surface area contributed by atoms with Gasteiger partial charge in [-0.05, 0) is 45.1 Å². The number of rotatable bonds is 10. The number of nitrogens with zero attached hydrogens (tertiary/aromatic N) is 3. The van der Waals surface area contributed by atoms with E-state index in [1.165, 1.54) is 0 Å². The molecule has 4 rings (SSSR count). The molecule has 2 aliphatic rings. The molecule has 2 aromatic rings. The van der Waals surface area contributed by atoms with Crippen molar-refractivity contribution in [1.82, 2.24) is 14.7 Å². The monoisotopic (exact) mass is 486 g/mol. The molecule has 1 aromatic heterocycles. The summed E-state index contributed by atoms with van der Waals surface area (Å²) in [4.78, 5) is 15.1. The third-order valence-corrected chi connectivity index (χ3v) is 6.52. The van der Waals surface area contributed by atoms with Crippen LogP contribution in [0.3, 0.4) is 0 Å². The molecule has 0 unspecified atom stereocenters. The van der Waals surface area contributed by atoms with E-state index in [2.05, 4.69) is 10.2 Å². The highest BCUT2D eigenvalue weighted by Crippen LogP contribution is 2.34. The molecule has 1 aliphatic carbocycles. The zero-order valence-corrected chi connectivity index (χ0v) is 20.9. The summed E-state index contributed by atoms with van der Waals surface area (Å²) in [7, 11) is 0. The lowest BCUT2D eigenvalue weighted by Crippen LogP contribution is -2.45. The van der Waals surface area contributed by atoms with Gasteiger partial charge in [0.15, 0.2) is 0 Å². The second kappa shape index (κ2) is 12.9. The smallest absolute Gasteiger partial charge is 0.412 e. The van der Waals surface area contributed by atoms with Gasteiger partial charge in [-0.2, -0.15) is 0 Å². The summed E-state index contributed by atoms with van der Waals surface area (Å²) in [6.07, 6.45) is 5.79. The summed E-state index contributed by atoms with van der Waals surface area (Å²) in [5.41, 5.74) is 1.44. The molecule has 1 amide bonds. The summed E-state index contributed by atoms with van der Waals surface area (Å²) < 4.78 is 24.3.